The molecule has 162 valence electrons. The van der Waals surface area contributed by atoms with Gasteiger partial charge < -0.3 is 5.11 Å². The van der Waals surface area contributed by atoms with Crippen LogP contribution in [0.4, 0.5) is 0 Å². The molecule has 0 heterocycles. The van der Waals surface area contributed by atoms with Crippen molar-refractivity contribution in [1.82, 2.24) is 0 Å². The summed E-state index contributed by atoms with van der Waals surface area (Å²) in [6, 6.07) is 14.8. The van der Waals surface area contributed by atoms with Crippen LogP contribution in [-0.2, 0) is 16.2 Å². The van der Waals surface area contributed by atoms with Gasteiger partial charge in [-0.2, -0.15) is 0 Å². The summed E-state index contributed by atoms with van der Waals surface area (Å²) < 4.78 is 0. The highest BCUT2D eigenvalue weighted by molar-refractivity contribution is 5.88. The third-order valence-electron chi connectivity index (χ3n) is 8.77. The molecule has 0 bridgehead atoms. The van der Waals surface area contributed by atoms with E-state index in [1.807, 2.05) is 12.1 Å². The highest BCUT2D eigenvalue weighted by Crippen LogP contribution is 2.68. The van der Waals surface area contributed by atoms with Crippen LogP contribution in [0.2, 0.25) is 0 Å². The van der Waals surface area contributed by atoms with E-state index in [9.17, 15) is 9.90 Å². The molecule has 2 unspecified atom stereocenters. The van der Waals surface area contributed by atoms with Crippen LogP contribution in [-0.4, -0.2) is 11.1 Å². The average Bonchev–Trinajstić information content (AvgIpc) is 3.36. The number of fused-ring (bicyclic) bond motifs is 2. The van der Waals surface area contributed by atoms with E-state index in [2.05, 4.69) is 52.8 Å². The molecule has 2 aromatic carbocycles. The van der Waals surface area contributed by atoms with E-state index < -0.39 is 5.97 Å². The average molecular weight is 415 g/mol. The van der Waals surface area contributed by atoms with Crippen molar-refractivity contribution in [3.63, 3.8) is 0 Å². The summed E-state index contributed by atoms with van der Waals surface area (Å²) in [6.45, 7) is 11.8. The summed E-state index contributed by atoms with van der Waals surface area (Å²) >= 11 is 0. The fourth-order valence-corrected chi connectivity index (χ4v) is 6.54. The van der Waals surface area contributed by atoms with Gasteiger partial charge in [0.25, 0.3) is 0 Å². The van der Waals surface area contributed by atoms with E-state index in [0.29, 0.717) is 5.56 Å². The van der Waals surface area contributed by atoms with Crippen LogP contribution in [0.1, 0.15) is 99.3 Å². The van der Waals surface area contributed by atoms with Gasteiger partial charge in [0.1, 0.15) is 0 Å². The maximum Gasteiger partial charge on any atom is 0.335 e. The predicted molar refractivity (Wildman–Crippen MR) is 127 cm³/mol. The van der Waals surface area contributed by atoms with Crippen molar-refractivity contribution in [3.05, 3.63) is 75.9 Å². The van der Waals surface area contributed by atoms with E-state index in [1.165, 1.54) is 42.4 Å². The van der Waals surface area contributed by atoms with E-state index in [-0.39, 0.29) is 16.2 Å². The number of benzene rings is 2. The van der Waals surface area contributed by atoms with Gasteiger partial charge in [0.2, 0.25) is 0 Å². The van der Waals surface area contributed by atoms with Crippen LogP contribution in [0.25, 0.3) is 5.57 Å². The Hall–Kier alpha value is -2.35. The lowest BCUT2D eigenvalue weighted by Gasteiger charge is -2.42. The molecule has 3 aliphatic rings. The van der Waals surface area contributed by atoms with Crippen LogP contribution >= 0.6 is 0 Å². The topological polar surface area (TPSA) is 37.3 Å². The number of aromatic carboxylic acids is 1. The standard InChI is InChI=1S/C29H34O2/c1-18(19-6-8-20(9-7-19)26(30)31)23-12-11-22-17-29(22,23)21-10-13-24-25(16-21)28(4,5)15-14-27(24,2)3/h6-10,13,16,22H,11-12,14-15,17H2,1-5H3,(H,30,31)/b23-18+. The molecule has 0 spiro atoms. The van der Waals surface area contributed by atoms with Gasteiger partial charge in [-0.25, -0.2) is 4.79 Å². The van der Waals surface area contributed by atoms with Crippen molar-refractivity contribution in [3.8, 4) is 0 Å². The van der Waals surface area contributed by atoms with E-state index >= 15 is 0 Å². The minimum absolute atomic E-state index is 0.197. The summed E-state index contributed by atoms with van der Waals surface area (Å²) in [5.41, 5.74) is 9.70. The molecular weight excluding hydrogens is 380 g/mol. The monoisotopic (exact) mass is 414 g/mol. The van der Waals surface area contributed by atoms with Crippen molar-refractivity contribution >= 4 is 11.5 Å². The minimum Gasteiger partial charge on any atom is -0.478 e. The predicted octanol–water partition coefficient (Wildman–Crippen LogP) is 7.26. The highest BCUT2D eigenvalue weighted by atomic mass is 16.4. The zero-order valence-corrected chi connectivity index (χ0v) is 19.5. The third-order valence-corrected chi connectivity index (χ3v) is 8.77. The molecular formula is C29H34O2. The zero-order chi connectivity index (χ0) is 22.2. The number of rotatable bonds is 3. The number of allylic oxidation sites excluding steroid dienone is 2. The molecule has 2 nitrogen and oxygen atoms in total. The first-order chi connectivity index (χ1) is 14.6. The molecule has 2 heteroatoms. The van der Waals surface area contributed by atoms with Gasteiger partial charge in [-0.05, 0) is 95.7 Å². The lowest BCUT2D eigenvalue weighted by molar-refractivity contribution is 0.0697. The van der Waals surface area contributed by atoms with Crippen LogP contribution < -0.4 is 0 Å². The van der Waals surface area contributed by atoms with Crippen molar-refractivity contribution in [2.24, 2.45) is 5.92 Å². The summed E-state index contributed by atoms with van der Waals surface area (Å²) in [7, 11) is 0. The molecule has 2 fully saturated rings. The van der Waals surface area contributed by atoms with Crippen molar-refractivity contribution in [2.75, 3.05) is 0 Å². The fraction of sp³-hybridized carbons (Fsp3) is 0.483. The summed E-state index contributed by atoms with van der Waals surface area (Å²) in [6.07, 6.45) is 6.17. The molecule has 31 heavy (non-hydrogen) atoms. The number of carbonyl (C=O) groups is 1. The second-order valence-electron chi connectivity index (χ2n) is 11.4. The highest BCUT2D eigenvalue weighted by Gasteiger charge is 2.61. The number of carboxylic acid groups (broad SMARTS) is 1. The summed E-state index contributed by atoms with van der Waals surface area (Å²) in [5, 5.41) is 9.23. The van der Waals surface area contributed by atoms with Crippen LogP contribution in [0.5, 0.6) is 0 Å². The Bertz CT molecular complexity index is 1100. The molecule has 0 aromatic heterocycles. The largest absolute Gasteiger partial charge is 0.478 e. The van der Waals surface area contributed by atoms with Crippen molar-refractivity contribution < 1.29 is 9.90 Å². The molecule has 0 saturated heterocycles. The molecule has 0 radical (unpaired) electrons. The summed E-state index contributed by atoms with van der Waals surface area (Å²) in [4.78, 5) is 11.2. The van der Waals surface area contributed by atoms with Crippen LogP contribution in [0.3, 0.4) is 0 Å². The molecule has 0 amide bonds. The fourth-order valence-electron chi connectivity index (χ4n) is 6.54. The van der Waals surface area contributed by atoms with Crippen molar-refractivity contribution in [1.29, 1.82) is 0 Å². The lowest BCUT2D eigenvalue weighted by atomic mass is 9.62. The van der Waals surface area contributed by atoms with Crippen LogP contribution in [0, 0.1) is 5.92 Å². The third kappa shape index (κ3) is 3.02. The molecule has 1 N–H and O–H groups in total. The normalized spacial score (nSPS) is 29.1. The first-order valence-electron chi connectivity index (χ1n) is 11.8. The maximum atomic E-state index is 11.2. The molecule has 0 aliphatic heterocycles. The second kappa shape index (κ2) is 6.58. The zero-order valence-electron chi connectivity index (χ0n) is 19.5. The Morgan fingerprint density at radius 3 is 2.13 bits per heavy atom. The van der Waals surface area contributed by atoms with Gasteiger partial charge in [-0.15, -0.1) is 0 Å². The smallest absolute Gasteiger partial charge is 0.335 e. The Morgan fingerprint density at radius 2 is 1.52 bits per heavy atom. The van der Waals surface area contributed by atoms with Gasteiger partial charge in [0.05, 0.1) is 5.56 Å². The van der Waals surface area contributed by atoms with Gasteiger partial charge in [0, 0.05) is 5.41 Å². The first-order valence-corrected chi connectivity index (χ1v) is 11.8. The molecule has 5 rings (SSSR count). The number of carboxylic acids is 1. The minimum atomic E-state index is -0.865. The number of hydrogen-bond acceptors (Lipinski definition) is 1. The van der Waals surface area contributed by atoms with E-state index in [1.54, 1.807) is 23.3 Å². The Labute approximate surface area is 186 Å². The van der Waals surface area contributed by atoms with Crippen LogP contribution in [0.15, 0.2) is 48.0 Å². The molecule has 2 saturated carbocycles. The lowest BCUT2D eigenvalue weighted by Crippen LogP contribution is -2.34. The van der Waals surface area contributed by atoms with Gasteiger partial charge >= 0.3 is 5.97 Å². The Balaban J connectivity index is 1.59. The molecule has 2 atom stereocenters. The first kappa shape index (κ1) is 20.5. The Morgan fingerprint density at radius 1 is 0.903 bits per heavy atom. The van der Waals surface area contributed by atoms with Gasteiger partial charge in [0.15, 0.2) is 0 Å². The maximum absolute atomic E-state index is 11.2. The van der Waals surface area contributed by atoms with Crippen molar-refractivity contribution in [2.45, 2.75) is 83.0 Å². The van der Waals surface area contributed by atoms with Gasteiger partial charge in [-0.1, -0.05) is 63.6 Å². The quantitative estimate of drug-likeness (QED) is 0.574. The SMILES string of the molecule is C/C(=C1/CCC2CC12c1ccc2c(c1)C(C)(C)CCC2(C)C)c1ccc(C(=O)O)cc1. The van der Waals surface area contributed by atoms with E-state index in [4.69, 9.17) is 0 Å². The number of hydrogen-bond donors (Lipinski definition) is 1. The molecule has 2 aromatic rings. The Kier molecular flexibility index (Phi) is 4.36. The molecule has 3 aliphatic carbocycles. The second-order valence-corrected chi connectivity index (χ2v) is 11.4. The van der Waals surface area contributed by atoms with E-state index in [0.717, 1.165) is 17.9 Å². The summed E-state index contributed by atoms with van der Waals surface area (Å²) in [5.74, 6) is -0.107. The van der Waals surface area contributed by atoms with Gasteiger partial charge in [-0.3, -0.25) is 0 Å².